The average Bonchev–Trinajstić information content (AvgIpc) is 3.63. The summed E-state index contributed by atoms with van der Waals surface area (Å²) in [6, 6.07) is 78.0. The van der Waals surface area contributed by atoms with Crippen LogP contribution in [0.4, 0.5) is 0 Å². The van der Waals surface area contributed by atoms with Crippen LogP contribution in [0.3, 0.4) is 0 Å². The molecule has 15 nitrogen and oxygen atoms in total. The van der Waals surface area contributed by atoms with Gasteiger partial charge in [0.05, 0.1) is 0 Å². The van der Waals surface area contributed by atoms with Gasteiger partial charge in [-0.3, -0.25) is 0 Å². The first-order chi connectivity index (χ1) is 38.5. The van der Waals surface area contributed by atoms with Crippen molar-refractivity contribution in [3.8, 4) is 0 Å². The number of hydrogen-bond acceptors (Lipinski definition) is 15. The summed E-state index contributed by atoms with van der Waals surface area (Å²) in [5.74, 6) is 0. The molecule has 79 heavy (non-hydrogen) atoms. The van der Waals surface area contributed by atoms with Crippen LogP contribution in [-0.4, -0.2) is 109 Å². The van der Waals surface area contributed by atoms with E-state index in [-0.39, 0.29) is 0 Å². The first kappa shape index (κ1) is 55.3. The van der Waals surface area contributed by atoms with Gasteiger partial charge in [0, 0.05) is 31.1 Å². The highest BCUT2D eigenvalue weighted by molar-refractivity contribution is 7.07. The highest BCUT2D eigenvalue weighted by Crippen LogP contribution is 2.39. The molecule has 0 aromatic heterocycles. The third-order valence-corrected chi connectivity index (χ3v) is 57.0. The Hall–Kier alpha value is -4.24. The molecule has 8 aromatic rings. The molecule has 404 valence electrons. The van der Waals surface area contributed by atoms with Gasteiger partial charge in [-0.25, -0.2) is 0 Å². The predicted octanol–water partition coefficient (Wildman–Crippen LogP) is 2.02. The smallest absolute Gasteiger partial charge is 0.420 e. The topological polar surface area (TPSA) is 138 Å². The Morgan fingerprint density at radius 2 is 0.443 bits per heavy atom. The Morgan fingerprint density at radius 3 is 0.810 bits per heavy atom. The molecule has 0 saturated carbocycles. The van der Waals surface area contributed by atoms with Crippen molar-refractivity contribution in [3.63, 3.8) is 0 Å². The first-order valence-corrected chi connectivity index (χ1v) is 48.0. The number of rotatable bonds is 8. The highest BCUT2D eigenvalue weighted by atomic mass is 28.6. The molecule has 0 N–H and O–H groups in total. The van der Waals surface area contributed by atoms with Crippen molar-refractivity contribution >= 4 is 150 Å². The number of fused-ring (bicyclic) bond motifs is 4. The van der Waals surface area contributed by atoms with Gasteiger partial charge in [-0.1, -0.05) is 243 Å². The van der Waals surface area contributed by atoms with Crippen LogP contribution < -0.4 is 41.5 Å². The predicted molar refractivity (Wildman–Crippen MR) is 326 cm³/mol. The molecular weight excluding hydrogens is 1200 g/mol. The van der Waals surface area contributed by atoms with E-state index in [1.807, 2.05) is 269 Å². The number of benzene rings is 8. The Labute approximate surface area is 477 Å². The molecule has 0 aliphatic carbocycles. The normalized spacial score (nSPS) is 33.4. The quantitative estimate of drug-likeness (QED) is 0.205. The minimum atomic E-state index is -5.10. The van der Waals surface area contributed by atoms with Gasteiger partial charge in [0.25, 0.3) is 9.28 Å². The van der Waals surface area contributed by atoms with E-state index in [4.69, 9.17) is 61.7 Å². The van der Waals surface area contributed by atoms with Crippen LogP contribution in [0.2, 0.25) is 26.2 Å². The van der Waals surface area contributed by atoms with Gasteiger partial charge in [-0.15, -0.1) is 0 Å². The van der Waals surface area contributed by atoms with Gasteiger partial charge >= 0.3 is 99.2 Å². The Kier molecular flexibility index (Phi) is 16.5. The van der Waals surface area contributed by atoms with Crippen molar-refractivity contribution in [1.82, 2.24) is 0 Å². The lowest BCUT2D eigenvalue weighted by atomic mass is 10.4. The molecule has 12 unspecified atom stereocenters. The molecule has 0 amide bonds. The summed E-state index contributed by atoms with van der Waals surface area (Å²) in [6.45, 7) is 7.88. The monoisotopic (exact) mass is 1260 g/mol. The van der Waals surface area contributed by atoms with Gasteiger partial charge in [0.15, 0.2) is 0 Å². The Balaban J connectivity index is 1.31. The van der Waals surface area contributed by atoms with Crippen molar-refractivity contribution in [1.29, 1.82) is 0 Å². The molecule has 12 atom stereocenters. The molecule has 6 aliphatic rings. The van der Waals surface area contributed by atoms with E-state index in [2.05, 4.69) is 0 Å². The average molecular weight is 1260 g/mol. The summed E-state index contributed by atoms with van der Waals surface area (Å²) >= 11 is 0. The van der Waals surface area contributed by atoms with Crippen molar-refractivity contribution in [3.05, 3.63) is 243 Å². The fourth-order valence-corrected chi connectivity index (χ4v) is 63.7. The first-order valence-electron chi connectivity index (χ1n) is 26.2. The van der Waals surface area contributed by atoms with Crippen molar-refractivity contribution in [2.24, 2.45) is 0 Å². The minimum absolute atomic E-state index is 0.510. The van der Waals surface area contributed by atoms with Crippen LogP contribution in [0.1, 0.15) is 0 Å². The van der Waals surface area contributed by atoms with E-state index in [0.717, 1.165) is 10.4 Å². The van der Waals surface area contributed by atoms with E-state index in [9.17, 15) is 0 Å². The van der Waals surface area contributed by atoms with Crippen LogP contribution in [0, 0.1) is 0 Å². The van der Waals surface area contributed by atoms with Gasteiger partial charge < -0.3 is 61.7 Å². The van der Waals surface area contributed by atoms with Crippen molar-refractivity contribution in [2.75, 3.05) is 0 Å². The summed E-state index contributed by atoms with van der Waals surface area (Å²) in [7, 11) is -47.8. The number of hydrogen-bond donors (Lipinski definition) is 0. The van der Waals surface area contributed by atoms with E-state index in [1.165, 1.54) is 0 Å². The fraction of sp³-hybridized carbons (Fsp3) is 0.0769. The zero-order valence-corrected chi connectivity index (χ0v) is 56.6. The standard InChI is InChI=1S/C52H58O15Si12/c1-68-53-69(2)57-75(48-35-19-8-20-36-48)63-78(51-41-25-11-26-42-51)61-73(46-31-15-6-16-32-46)60-74(47-33-17-7-18-34-47)56-70(3)54-71(4)58-76(64-78,49-37-21-9-22-38-49)66-79(65-75,52-43-27-12-28-44-52)67-77(62-74,50-39-23-10-24-40-50)59-72(55-68)45-29-13-5-14-30-45/h5-44,68-73H,1-4H3. The minimum Gasteiger partial charge on any atom is -0.420 e. The van der Waals surface area contributed by atoms with Crippen molar-refractivity contribution in [2.45, 2.75) is 26.2 Å². The van der Waals surface area contributed by atoms with Crippen LogP contribution in [0.5, 0.6) is 0 Å². The molecule has 0 spiro atoms. The maximum atomic E-state index is 8.52. The van der Waals surface area contributed by atoms with Gasteiger partial charge in [-0.05, 0) is 36.6 Å². The molecular formula is C52H58O15Si12. The molecule has 6 bridgehead atoms. The Morgan fingerprint density at radius 1 is 0.215 bits per heavy atom. The SMILES string of the molecule is C[SiH]1O[SiH](C)O[Si]2(c3ccccc3)O[Si]3(c4ccccc4)O[SiH](c4ccccc4)O[Si]4(c5ccccc5)O[SiH](C)O[SiH](C)O[Si](c5ccccc5)(O3)O[Si](c3ccccc3)(O2)O[Si](c2ccccc2)(O[SiH](c2ccccc2)O1)O4. The van der Waals surface area contributed by atoms with E-state index in [1.54, 1.807) is 0 Å². The molecule has 6 saturated heterocycles. The zero-order chi connectivity index (χ0) is 54.0. The van der Waals surface area contributed by atoms with E-state index in [0.29, 0.717) is 31.1 Å². The van der Waals surface area contributed by atoms with E-state index < -0.39 is 109 Å². The molecule has 6 aliphatic heterocycles. The molecule has 14 rings (SSSR count). The highest BCUT2D eigenvalue weighted by Gasteiger charge is 2.76. The second-order valence-electron chi connectivity index (χ2n) is 19.0. The molecule has 27 heteroatoms. The van der Waals surface area contributed by atoms with Crippen LogP contribution in [0.25, 0.3) is 0 Å². The lowest BCUT2D eigenvalue weighted by Gasteiger charge is -2.54. The van der Waals surface area contributed by atoms with Gasteiger partial charge in [0.2, 0.25) is 0 Å². The van der Waals surface area contributed by atoms with Gasteiger partial charge in [0.1, 0.15) is 0 Å². The van der Waals surface area contributed by atoms with Crippen LogP contribution in [0.15, 0.2) is 243 Å². The zero-order valence-electron chi connectivity index (χ0n) is 43.7. The van der Waals surface area contributed by atoms with Crippen molar-refractivity contribution < 1.29 is 61.7 Å². The molecule has 6 fully saturated rings. The molecule has 6 heterocycles. The summed E-state index contributed by atoms with van der Waals surface area (Å²) < 4.78 is 120. The summed E-state index contributed by atoms with van der Waals surface area (Å²) in [5.41, 5.74) is 0. The lowest BCUT2D eigenvalue weighted by Crippen LogP contribution is -2.87. The lowest BCUT2D eigenvalue weighted by molar-refractivity contribution is 0.0744. The van der Waals surface area contributed by atoms with E-state index >= 15 is 0 Å². The summed E-state index contributed by atoms with van der Waals surface area (Å²) in [5, 5.41) is 4.91. The summed E-state index contributed by atoms with van der Waals surface area (Å²) in [6.07, 6.45) is 0. The van der Waals surface area contributed by atoms with Crippen LogP contribution in [-0.2, 0) is 61.7 Å². The van der Waals surface area contributed by atoms with Gasteiger partial charge in [-0.2, -0.15) is 0 Å². The maximum absolute atomic E-state index is 8.52. The third-order valence-electron chi connectivity index (χ3n) is 13.4. The maximum Gasteiger partial charge on any atom is 0.515 e. The third kappa shape index (κ3) is 11.5. The molecule has 0 radical (unpaired) electrons. The summed E-state index contributed by atoms with van der Waals surface area (Å²) in [4.78, 5) is 0. The van der Waals surface area contributed by atoms with Crippen LogP contribution >= 0.6 is 0 Å². The molecule has 8 aromatic carbocycles. The second-order valence-corrected chi connectivity index (χ2v) is 50.2. The second kappa shape index (κ2) is 23.6. The Bertz CT molecular complexity index is 3230. The fourth-order valence-electron chi connectivity index (χ4n) is 9.91. The largest absolute Gasteiger partial charge is 0.515 e.